The molecule has 0 unspecified atom stereocenters. The maximum absolute atomic E-state index is 13.3. The number of hydrogen-bond acceptors (Lipinski definition) is 5. The Balaban J connectivity index is 1.85. The average molecular weight is 486 g/mol. The van der Waals surface area contributed by atoms with Gasteiger partial charge in [-0.3, -0.25) is 0 Å². The number of carbonyl (C=O) groups is 1. The Kier molecular flexibility index (Phi) is 7.88. The highest BCUT2D eigenvalue weighted by atomic mass is 16.6. The lowest BCUT2D eigenvalue weighted by Crippen LogP contribution is -2.30. The molecule has 0 aliphatic carbocycles. The van der Waals surface area contributed by atoms with Crippen molar-refractivity contribution in [2.24, 2.45) is 0 Å². The fraction of sp³-hybridized carbons (Fsp3) is 0.387. The van der Waals surface area contributed by atoms with Gasteiger partial charge in [-0.2, -0.15) is 0 Å². The van der Waals surface area contributed by atoms with E-state index in [-0.39, 0.29) is 5.97 Å². The fourth-order valence-corrected chi connectivity index (χ4v) is 5.24. The molecule has 1 heterocycles. The van der Waals surface area contributed by atoms with Crippen LogP contribution in [0.2, 0.25) is 0 Å². The Labute approximate surface area is 216 Å². The third-order valence-corrected chi connectivity index (χ3v) is 7.25. The fourth-order valence-electron chi connectivity index (χ4n) is 5.24. The van der Waals surface area contributed by atoms with Crippen molar-refractivity contribution in [1.82, 2.24) is 0 Å². The van der Waals surface area contributed by atoms with Gasteiger partial charge in [-0.05, 0) is 70.5 Å². The van der Waals surface area contributed by atoms with Crippen molar-refractivity contribution >= 4 is 23.0 Å². The molecule has 1 N–H and O–H groups in total. The molecule has 3 aromatic carbocycles. The number of hydrogen-bond donors (Lipinski definition) is 1. The first-order valence-electron chi connectivity index (χ1n) is 13.3. The number of ether oxygens (including phenoxy) is 1. The van der Waals surface area contributed by atoms with Crippen LogP contribution in [-0.4, -0.2) is 38.7 Å². The van der Waals surface area contributed by atoms with Gasteiger partial charge in [-0.15, -0.1) is 0 Å². The maximum atomic E-state index is 13.3. The standard InChI is InChI=1S/C31H39N3O2/c1-6-21-32-25-15-20-29-28(22-25)30(35)36-31(29,23-11-16-26(17-12-23)33(7-2)8-3)24-13-18-27(19-14-24)34(9-4)10-5/h11-20,22,32H,6-10,21H2,1-5H3. The molecular weight excluding hydrogens is 446 g/mol. The number of cyclic esters (lactones) is 1. The summed E-state index contributed by atoms with van der Waals surface area (Å²) in [5, 5.41) is 3.40. The number of nitrogens with zero attached hydrogens (tertiary/aromatic N) is 2. The predicted octanol–water partition coefficient (Wildman–Crippen LogP) is 6.66. The van der Waals surface area contributed by atoms with Crippen LogP contribution in [0.25, 0.3) is 0 Å². The van der Waals surface area contributed by atoms with Crippen LogP contribution in [0.15, 0.2) is 66.7 Å². The predicted molar refractivity (Wildman–Crippen MR) is 151 cm³/mol. The number of anilines is 3. The first-order valence-corrected chi connectivity index (χ1v) is 13.3. The molecule has 0 fully saturated rings. The molecule has 1 aliphatic rings. The zero-order valence-corrected chi connectivity index (χ0v) is 22.3. The Hall–Kier alpha value is -3.47. The van der Waals surface area contributed by atoms with Gasteiger partial charge in [0.05, 0.1) is 5.56 Å². The van der Waals surface area contributed by atoms with Gasteiger partial charge in [-0.25, -0.2) is 4.79 Å². The van der Waals surface area contributed by atoms with E-state index >= 15 is 0 Å². The van der Waals surface area contributed by atoms with E-state index < -0.39 is 5.60 Å². The Bertz CT molecular complexity index is 1110. The van der Waals surface area contributed by atoms with E-state index in [1.807, 2.05) is 6.07 Å². The molecule has 1 aliphatic heterocycles. The summed E-state index contributed by atoms with van der Waals surface area (Å²) in [5.74, 6) is -0.286. The minimum atomic E-state index is -0.987. The molecule has 0 saturated carbocycles. The number of nitrogens with one attached hydrogen (secondary N) is 1. The lowest BCUT2D eigenvalue weighted by atomic mass is 9.79. The van der Waals surface area contributed by atoms with Crippen LogP contribution in [0, 0.1) is 0 Å². The molecular formula is C31H39N3O2. The van der Waals surface area contributed by atoms with E-state index in [0.29, 0.717) is 5.56 Å². The van der Waals surface area contributed by atoms with Gasteiger partial charge < -0.3 is 19.9 Å². The molecule has 5 heteroatoms. The zero-order valence-electron chi connectivity index (χ0n) is 22.3. The smallest absolute Gasteiger partial charge is 0.340 e. The summed E-state index contributed by atoms with van der Waals surface area (Å²) in [6.45, 7) is 15.4. The lowest BCUT2D eigenvalue weighted by Gasteiger charge is -2.32. The summed E-state index contributed by atoms with van der Waals surface area (Å²) in [4.78, 5) is 18.0. The van der Waals surface area contributed by atoms with Gasteiger partial charge in [0.2, 0.25) is 0 Å². The summed E-state index contributed by atoms with van der Waals surface area (Å²) in [7, 11) is 0. The van der Waals surface area contributed by atoms with Gasteiger partial charge in [0.25, 0.3) is 0 Å². The quantitative estimate of drug-likeness (QED) is 0.308. The summed E-state index contributed by atoms with van der Waals surface area (Å²) < 4.78 is 6.36. The molecule has 0 aromatic heterocycles. The monoisotopic (exact) mass is 485 g/mol. The molecule has 0 amide bonds. The first kappa shape index (κ1) is 25.6. The summed E-state index contributed by atoms with van der Waals surface area (Å²) in [6.07, 6.45) is 1.02. The van der Waals surface area contributed by atoms with Crippen molar-refractivity contribution in [3.63, 3.8) is 0 Å². The van der Waals surface area contributed by atoms with Crippen LogP contribution < -0.4 is 15.1 Å². The van der Waals surface area contributed by atoms with Crippen LogP contribution >= 0.6 is 0 Å². The highest BCUT2D eigenvalue weighted by Gasteiger charge is 2.48. The lowest BCUT2D eigenvalue weighted by molar-refractivity contribution is 0.0251. The minimum absolute atomic E-state index is 0.286. The van der Waals surface area contributed by atoms with E-state index in [9.17, 15) is 4.79 Å². The first-order chi connectivity index (χ1) is 17.5. The normalized spacial score (nSPS) is 13.8. The summed E-state index contributed by atoms with van der Waals surface area (Å²) >= 11 is 0. The molecule has 190 valence electrons. The third kappa shape index (κ3) is 4.55. The molecule has 3 aromatic rings. The largest absolute Gasteiger partial charge is 0.441 e. The van der Waals surface area contributed by atoms with Crippen LogP contribution in [0.4, 0.5) is 17.1 Å². The van der Waals surface area contributed by atoms with Gasteiger partial charge >= 0.3 is 5.97 Å². The molecule has 0 saturated heterocycles. The van der Waals surface area contributed by atoms with Gasteiger partial charge in [0.1, 0.15) is 0 Å². The van der Waals surface area contributed by atoms with E-state index in [1.165, 1.54) is 11.4 Å². The van der Waals surface area contributed by atoms with Crippen LogP contribution in [0.5, 0.6) is 0 Å². The second kappa shape index (κ2) is 11.1. The van der Waals surface area contributed by atoms with Crippen molar-refractivity contribution < 1.29 is 9.53 Å². The molecule has 0 radical (unpaired) electrons. The second-order valence-electron chi connectivity index (χ2n) is 9.20. The molecule has 0 bridgehead atoms. The number of rotatable bonds is 11. The molecule has 36 heavy (non-hydrogen) atoms. The molecule has 0 atom stereocenters. The molecule has 5 nitrogen and oxygen atoms in total. The SMILES string of the molecule is CCCNc1ccc2c(c1)C(=O)OC2(c1ccc(N(CC)CC)cc1)c1ccc(N(CC)CC)cc1. The summed E-state index contributed by atoms with van der Waals surface area (Å²) in [5.41, 5.74) is 5.71. The van der Waals surface area contributed by atoms with Gasteiger partial charge in [0, 0.05) is 66.5 Å². The van der Waals surface area contributed by atoms with Crippen molar-refractivity contribution in [2.45, 2.75) is 46.6 Å². The number of benzene rings is 3. The number of carbonyl (C=O) groups excluding carboxylic acids is 1. The van der Waals surface area contributed by atoms with Crippen molar-refractivity contribution in [1.29, 1.82) is 0 Å². The van der Waals surface area contributed by atoms with Crippen LogP contribution in [0.1, 0.15) is 68.1 Å². The second-order valence-corrected chi connectivity index (χ2v) is 9.20. The van der Waals surface area contributed by atoms with Crippen molar-refractivity contribution in [2.75, 3.05) is 47.8 Å². The maximum Gasteiger partial charge on any atom is 0.340 e. The molecule has 0 spiro atoms. The van der Waals surface area contributed by atoms with E-state index in [1.54, 1.807) is 0 Å². The highest BCUT2D eigenvalue weighted by molar-refractivity contribution is 5.97. The third-order valence-electron chi connectivity index (χ3n) is 7.25. The topological polar surface area (TPSA) is 44.8 Å². The van der Waals surface area contributed by atoms with Gasteiger partial charge in [0.15, 0.2) is 5.60 Å². The summed E-state index contributed by atoms with van der Waals surface area (Å²) in [6, 6.07) is 23.0. The average Bonchev–Trinajstić information content (AvgIpc) is 3.22. The van der Waals surface area contributed by atoms with E-state index in [2.05, 4.69) is 110 Å². The van der Waals surface area contributed by atoms with Crippen molar-refractivity contribution in [3.8, 4) is 0 Å². The molecule has 4 rings (SSSR count). The van der Waals surface area contributed by atoms with Crippen LogP contribution in [-0.2, 0) is 10.3 Å². The van der Waals surface area contributed by atoms with E-state index in [0.717, 1.165) is 61.5 Å². The number of esters is 1. The Morgan fingerprint density at radius 1 is 0.722 bits per heavy atom. The van der Waals surface area contributed by atoms with Crippen LogP contribution in [0.3, 0.4) is 0 Å². The number of fused-ring (bicyclic) bond motifs is 1. The Morgan fingerprint density at radius 3 is 1.67 bits per heavy atom. The van der Waals surface area contributed by atoms with Crippen molar-refractivity contribution in [3.05, 3.63) is 89.0 Å². The highest BCUT2D eigenvalue weighted by Crippen LogP contribution is 2.48. The Morgan fingerprint density at radius 2 is 1.22 bits per heavy atom. The van der Waals surface area contributed by atoms with E-state index in [4.69, 9.17) is 4.74 Å². The minimum Gasteiger partial charge on any atom is -0.441 e. The zero-order chi connectivity index (χ0) is 25.7. The van der Waals surface area contributed by atoms with Gasteiger partial charge in [-0.1, -0.05) is 37.3 Å².